The van der Waals surface area contributed by atoms with Gasteiger partial charge < -0.3 is 15.7 Å². The van der Waals surface area contributed by atoms with E-state index >= 15 is 0 Å². The van der Waals surface area contributed by atoms with Gasteiger partial charge in [-0.05, 0) is 38.9 Å². The van der Waals surface area contributed by atoms with E-state index in [4.69, 9.17) is 5.11 Å². The van der Waals surface area contributed by atoms with E-state index in [9.17, 15) is 9.59 Å². The third-order valence-electron chi connectivity index (χ3n) is 3.22. The van der Waals surface area contributed by atoms with Gasteiger partial charge in [-0.3, -0.25) is 4.79 Å². The topological polar surface area (TPSA) is 78.4 Å². The van der Waals surface area contributed by atoms with Gasteiger partial charge in [0.15, 0.2) is 0 Å². The number of amides is 2. The number of carboxylic acids is 1. The summed E-state index contributed by atoms with van der Waals surface area (Å²) >= 11 is 1.85. The molecule has 1 aliphatic rings. The van der Waals surface area contributed by atoms with Crippen LogP contribution in [0.3, 0.4) is 0 Å². The van der Waals surface area contributed by atoms with Crippen LogP contribution in [0.5, 0.6) is 0 Å². The average molecular weight is 274 g/mol. The summed E-state index contributed by atoms with van der Waals surface area (Å²) in [6.07, 6.45) is 5.85. The molecule has 1 aliphatic carbocycles. The fraction of sp³-hybridized carbons (Fsp3) is 0.833. The van der Waals surface area contributed by atoms with Crippen LogP contribution in [0.25, 0.3) is 0 Å². The summed E-state index contributed by atoms with van der Waals surface area (Å²) in [6.45, 7) is 1.82. The lowest BCUT2D eigenvalue weighted by Gasteiger charge is -2.17. The van der Waals surface area contributed by atoms with Gasteiger partial charge in [-0.1, -0.05) is 0 Å². The zero-order chi connectivity index (χ0) is 13.5. The van der Waals surface area contributed by atoms with Gasteiger partial charge in [-0.25, -0.2) is 4.79 Å². The molecule has 0 aromatic rings. The summed E-state index contributed by atoms with van der Waals surface area (Å²) < 4.78 is 0. The second kappa shape index (κ2) is 7.51. The van der Waals surface area contributed by atoms with Crippen molar-refractivity contribution in [3.63, 3.8) is 0 Å². The molecular formula is C12H22N2O3S. The summed E-state index contributed by atoms with van der Waals surface area (Å²) in [6, 6.07) is -0.0346. The van der Waals surface area contributed by atoms with Crippen molar-refractivity contribution < 1.29 is 14.7 Å². The highest BCUT2D eigenvalue weighted by atomic mass is 32.2. The van der Waals surface area contributed by atoms with E-state index in [0.29, 0.717) is 11.7 Å². The lowest BCUT2D eigenvalue weighted by atomic mass is 10.2. The predicted molar refractivity (Wildman–Crippen MR) is 72.9 cm³/mol. The molecule has 18 heavy (non-hydrogen) atoms. The molecule has 1 rings (SSSR count). The summed E-state index contributed by atoms with van der Waals surface area (Å²) in [5, 5.41) is 14.9. The van der Waals surface area contributed by atoms with Crippen molar-refractivity contribution in [1.82, 2.24) is 10.6 Å². The summed E-state index contributed by atoms with van der Waals surface area (Å²) in [4.78, 5) is 22.1. The molecule has 0 aromatic heterocycles. The minimum Gasteiger partial charge on any atom is -0.481 e. The fourth-order valence-electron chi connectivity index (χ4n) is 2.15. The zero-order valence-electron chi connectivity index (χ0n) is 10.9. The van der Waals surface area contributed by atoms with Crippen molar-refractivity contribution in [3.05, 3.63) is 0 Å². The molecule has 1 fully saturated rings. The van der Waals surface area contributed by atoms with Gasteiger partial charge in [-0.15, -0.1) is 0 Å². The normalized spacial score (nSPS) is 24.6. The third-order valence-corrected chi connectivity index (χ3v) is 4.32. The first-order chi connectivity index (χ1) is 8.51. The summed E-state index contributed by atoms with van der Waals surface area (Å²) in [5.74, 6) is -0.831. The molecule has 0 saturated heterocycles. The van der Waals surface area contributed by atoms with Crippen molar-refractivity contribution in [2.45, 2.75) is 56.4 Å². The second-order valence-electron chi connectivity index (χ2n) is 4.82. The third kappa shape index (κ3) is 5.62. The van der Waals surface area contributed by atoms with Crippen molar-refractivity contribution in [2.75, 3.05) is 6.26 Å². The molecule has 5 nitrogen and oxygen atoms in total. The summed E-state index contributed by atoms with van der Waals surface area (Å²) in [7, 11) is 0. The number of rotatable bonds is 6. The molecule has 0 bridgehead atoms. The van der Waals surface area contributed by atoms with Gasteiger partial charge >= 0.3 is 12.0 Å². The van der Waals surface area contributed by atoms with Crippen LogP contribution in [0.15, 0.2) is 0 Å². The van der Waals surface area contributed by atoms with E-state index in [2.05, 4.69) is 16.9 Å². The molecule has 6 heteroatoms. The Morgan fingerprint density at radius 2 is 2.17 bits per heavy atom. The highest BCUT2D eigenvalue weighted by molar-refractivity contribution is 7.99. The van der Waals surface area contributed by atoms with Crippen LogP contribution < -0.4 is 10.6 Å². The molecule has 0 aliphatic heterocycles. The fourth-order valence-corrected chi connectivity index (χ4v) is 2.94. The molecule has 0 aromatic carbocycles. The standard InChI is InChI=1S/C12H22N2O3S/c1-8(3-6-11(15)16)13-12(17)14-9-4-5-10(7-9)18-2/h8-10H,3-7H2,1-2H3,(H,15,16)(H2,13,14,17). The van der Waals surface area contributed by atoms with E-state index in [1.54, 1.807) is 0 Å². The Morgan fingerprint density at radius 1 is 1.44 bits per heavy atom. The predicted octanol–water partition coefficient (Wildman–Crippen LogP) is 1.82. The Labute approximate surface area is 112 Å². The Bertz CT molecular complexity index is 299. The first-order valence-electron chi connectivity index (χ1n) is 6.33. The molecule has 1 saturated carbocycles. The largest absolute Gasteiger partial charge is 0.481 e. The first kappa shape index (κ1) is 15.1. The van der Waals surface area contributed by atoms with Crippen LogP contribution >= 0.6 is 11.8 Å². The number of hydrogen-bond acceptors (Lipinski definition) is 3. The van der Waals surface area contributed by atoms with Crippen LogP contribution in [0.1, 0.15) is 39.0 Å². The molecule has 104 valence electrons. The second-order valence-corrected chi connectivity index (χ2v) is 5.96. The van der Waals surface area contributed by atoms with Gasteiger partial charge in [-0.2, -0.15) is 11.8 Å². The number of hydrogen-bond donors (Lipinski definition) is 3. The van der Waals surface area contributed by atoms with Crippen LogP contribution in [0.4, 0.5) is 4.79 Å². The number of urea groups is 1. The Morgan fingerprint density at radius 3 is 2.72 bits per heavy atom. The minimum atomic E-state index is -0.831. The minimum absolute atomic E-state index is 0.0828. The summed E-state index contributed by atoms with van der Waals surface area (Å²) in [5.41, 5.74) is 0. The van der Waals surface area contributed by atoms with Crippen LogP contribution in [-0.2, 0) is 4.79 Å². The van der Waals surface area contributed by atoms with E-state index in [0.717, 1.165) is 19.3 Å². The molecule has 0 spiro atoms. The van der Waals surface area contributed by atoms with Gasteiger partial charge in [0.2, 0.25) is 0 Å². The maximum atomic E-state index is 11.7. The highest BCUT2D eigenvalue weighted by Crippen LogP contribution is 2.27. The molecule has 2 amide bonds. The Balaban J connectivity index is 2.19. The lowest BCUT2D eigenvalue weighted by molar-refractivity contribution is -0.137. The van der Waals surface area contributed by atoms with Gasteiger partial charge in [0, 0.05) is 23.8 Å². The number of aliphatic carboxylic acids is 1. The number of thioether (sulfide) groups is 1. The average Bonchev–Trinajstić information content (AvgIpc) is 2.73. The number of carboxylic acid groups (broad SMARTS) is 1. The van der Waals surface area contributed by atoms with Crippen molar-refractivity contribution in [1.29, 1.82) is 0 Å². The van der Waals surface area contributed by atoms with E-state index in [1.807, 2.05) is 18.7 Å². The van der Waals surface area contributed by atoms with Gasteiger partial charge in [0.1, 0.15) is 0 Å². The van der Waals surface area contributed by atoms with Crippen LogP contribution in [-0.4, -0.2) is 40.7 Å². The van der Waals surface area contributed by atoms with Gasteiger partial charge in [0.25, 0.3) is 0 Å². The SMILES string of the molecule is CSC1CCC(NC(=O)NC(C)CCC(=O)O)C1. The van der Waals surface area contributed by atoms with E-state index in [1.165, 1.54) is 0 Å². The van der Waals surface area contributed by atoms with Crippen LogP contribution in [0, 0.1) is 0 Å². The monoisotopic (exact) mass is 274 g/mol. The van der Waals surface area contributed by atoms with Crippen LogP contribution in [0.2, 0.25) is 0 Å². The zero-order valence-corrected chi connectivity index (χ0v) is 11.8. The maximum absolute atomic E-state index is 11.7. The molecule has 0 radical (unpaired) electrons. The number of carbonyl (C=O) groups is 2. The van der Waals surface area contributed by atoms with Crippen molar-refractivity contribution in [3.8, 4) is 0 Å². The maximum Gasteiger partial charge on any atom is 0.315 e. The smallest absolute Gasteiger partial charge is 0.315 e. The molecule has 3 atom stereocenters. The number of nitrogens with one attached hydrogen (secondary N) is 2. The Kier molecular flexibility index (Phi) is 6.32. The van der Waals surface area contributed by atoms with Crippen molar-refractivity contribution >= 4 is 23.8 Å². The number of carbonyl (C=O) groups excluding carboxylic acids is 1. The molecule has 3 N–H and O–H groups in total. The first-order valence-corrected chi connectivity index (χ1v) is 7.61. The van der Waals surface area contributed by atoms with E-state index in [-0.39, 0.29) is 24.5 Å². The molecular weight excluding hydrogens is 252 g/mol. The molecule has 3 unspecified atom stereocenters. The van der Waals surface area contributed by atoms with Gasteiger partial charge in [0.05, 0.1) is 0 Å². The Hall–Kier alpha value is -0.910. The van der Waals surface area contributed by atoms with E-state index < -0.39 is 5.97 Å². The quantitative estimate of drug-likeness (QED) is 0.690. The molecule has 0 heterocycles. The highest BCUT2D eigenvalue weighted by Gasteiger charge is 2.25. The lowest BCUT2D eigenvalue weighted by Crippen LogP contribution is -2.44. The van der Waals surface area contributed by atoms with Crippen molar-refractivity contribution in [2.24, 2.45) is 0 Å².